The van der Waals surface area contributed by atoms with E-state index in [-0.39, 0.29) is 11.8 Å². The third-order valence-corrected chi connectivity index (χ3v) is 4.24. The van der Waals surface area contributed by atoms with Gasteiger partial charge in [0.1, 0.15) is 0 Å². The maximum atomic E-state index is 12.2. The van der Waals surface area contributed by atoms with Crippen LogP contribution < -0.4 is 10.6 Å². The highest BCUT2D eigenvalue weighted by atomic mass is 16.7. The molecular formula is C15H28N2O3. The number of rotatable bonds is 5. The van der Waals surface area contributed by atoms with Crippen molar-refractivity contribution in [3.63, 3.8) is 0 Å². The molecule has 5 nitrogen and oxygen atoms in total. The molecule has 0 spiro atoms. The van der Waals surface area contributed by atoms with Gasteiger partial charge in [-0.2, -0.15) is 0 Å². The van der Waals surface area contributed by atoms with Crippen molar-refractivity contribution in [2.75, 3.05) is 26.3 Å². The Labute approximate surface area is 121 Å². The quantitative estimate of drug-likeness (QED) is 0.798. The topological polar surface area (TPSA) is 59.6 Å². The molecule has 2 saturated heterocycles. The molecule has 2 aliphatic rings. The molecule has 5 heteroatoms. The highest BCUT2D eigenvalue weighted by Gasteiger charge is 2.33. The Kier molecular flexibility index (Phi) is 5.41. The molecular weight excluding hydrogens is 256 g/mol. The number of carbonyl (C=O) groups excluding carboxylic acids is 1. The summed E-state index contributed by atoms with van der Waals surface area (Å²) in [5, 5.41) is 6.46. The standard InChI is InChI=1S/C15H28N2O3/c1-11(9-15(3)19-6-7-20-15)10-17-14(18)13-4-5-16-12(2)8-13/h11-13,16H,4-10H2,1-3H3,(H,17,18)/t11?,12-,13-/m0/s1. The Morgan fingerprint density at radius 3 is 2.80 bits per heavy atom. The van der Waals surface area contributed by atoms with Crippen molar-refractivity contribution in [3.05, 3.63) is 0 Å². The first-order valence-corrected chi connectivity index (χ1v) is 7.77. The van der Waals surface area contributed by atoms with Gasteiger partial charge in [-0.3, -0.25) is 4.79 Å². The van der Waals surface area contributed by atoms with Gasteiger partial charge in [0, 0.05) is 24.9 Å². The Morgan fingerprint density at radius 2 is 2.15 bits per heavy atom. The van der Waals surface area contributed by atoms with E-state index in [0.717, 1.165) is 25.8 Å². The van der Waals surface area contributed by atoms with Gasteiger partial charge in [-0.15, -0.1) is 0 Å². The third kappa shape index (κ3) is 4.43. The molecule has 2 heterocycles. The van der Waals surface area contributed by atoms with Gasteiger partial charge >= 0.3 is 0 Å². The molecule has 2 fully saturated rings. The summed E-state index contributed by atoms with van der Waals surface area (Å²) in [7, 11) is 0. The van der Waals surface area contributed by atoms with Crippen molar-refractivity contribution >= 4 is 5.91 Å². The normalized spacial score (nSPS) is 30.9. The van der Waals surface area contributed by atoms with Crippen LogP contribution in [0.5, 0.6) is 0 Å². The van der Waals surface area contributed by atoms with Gasteiger partial charge in [0.05, 0.1) is 13.2 Å². The Morgan fingerprint density at radius 1 is 1.45 bits per heavy atom. The summed E-state index contributed by atoms with van der Waals surface area (Å²) in [5.41, 5.74) is 0. The van der Waals surface area contributed by atoms with Crippen LogP contribution in [0.15, 0.2) is 0 Å². The summed E-state index contributed by atoms with van der Waals surface area (Å²) in [6.45, 7) is 9.21. The minimum atomic E-state index is -0.465. The monoisotopic (exact) mass is 284 g/mol. The molecule has 0 aromatic rings. The minimum absolute atomic E-state index is 0.160. The molecule has 0 aromatic carbocycles. The van der Waals surface area contributed by atoms with Crippen LogP contribution in [0.3, 0.4) is 0 Å². The van der Waals surface area contributed by atoms with Crippen LogP contribution in [0.2, 0.25) is 0 Å². The van der Waals surface area contributed by atoms with Crippen LogP contribution in [0.25, 0.3) is 0 Å². The van der Waals surface area contributed by atoms with Gasteiger partial charge in [0.25, 0.3) is 0 Å². The van der Waals surface area contributed by atoms with Gasteiger partial charge < -0.3 is 20.1 Å². The van der Waals surface area contributed by atoms with E-state index in [1.807, 2.05) is 6.92 Å². The lowest BCUT2D eigenvalue weighted by Crippen LogP contribution is -2.43. The van der Waals surface area contributed by atoms with Crippen LogP contribution in [-0.4, -0.2) is 44.0 Å². The molecule has 20 heavy (non-hydrogen) atoms. The van der Waals surface area contributed by atoms with Crippen LogP contribution in [0.1, 0.15) is 40.0 Å². The van der Waals surface area contributed by atoms with Crippen LogP contribution >= 0.6 is 0 Å². The summed E-state index contributed by atoms with van der Waals surface area (Å²) in [5.74, 6) is 0.241. The Bertz CT molecular complexity index is 329. The highest BCUT2D eigenvalue weighted by molar-refractivity contribution is 5.78. The molecule has 1 amide bonds. The average Bonchev–Trinajstić information content (AvgIpc) is 2.82. The summed E-state index contributed by atoms with van der Waals surface area (Å²) >= 11 is 0. The fourth-order valence-electron chi connectivity index (χ4n) is 3.17. The first kappa shape index (κ1) is 15.7. The van der Waals surface area contributed by atoms with E-state index in [0.29, 0.717) is 31.7 Å². The molecule has 116 valence electrons. The van der Waals surface area contributed by atoms with E-state index in [2.05, 4.69) is 24.5 Å². The summed E-state index contributed by atoms with van der Waals surface area (Å²) in [6, 6.07) is 0.441. The largest absolute Gasteiger partial charge is 0.356 e. The average molecular weight is 284 g/mol. The van der Waals surface area contributed by atoms with Gasteiger partial charge in [-0.25, -0.2) is 0 Å². The number of carbonyl (C=O) groups is 1. The van der Waals surface area contributed by atoms with E-state index < -0.39 is 5.79 Å². The number of hydrogen-bond donors (Lipinski definition) is 2. The van der Waals surface area contributed by atoms with E-state index in [1.165, 1.54) is 0 Å². The van der Waals surface area contributed by atoms with Gasteiger partial charge in [-0.1, -0.05) is 6.92 Å². The predicted molar refractivity (Wildman–Crippen MR) is 77.3 cm³/mol. The zero-order chi connectivity index (χ0) is 14.6. The van der Waals surface area contributed by atoms with E-state index >= 15 is 0 Å². The molecule has 3 atom stereocenters. The number of ether oxygens (including phenoxy) is 2. The predicted octanol–water partition coefficient (Wildman–Crippen LogP) is 1.28. The molecule has 2 rings (SSSR count). The lowest BCUT2D eigenvalue weighted by molar-refractivity contribution is -0.154. The second kappa shape index (κ2) is 6.87. The van der Waals surface area contributed by atoms with Gasteiger partial charge in [0.15, 0.2) is 5.79 Å². The second-order valence-corrected chi connectivity index (χ2v) is 6.46. The summed E-state index contributed by atoms with van der Waals surface area (Å²) in [4.78, 5) is 12.2. The fraction of sp³-hybridized carbons (Fsp3) is 0.933. The molecule has 0 radical (unpaired) electrons. The van der Waals surface area contributed by atoms with Crippen molar-refractivity contribution in [1.82, 2.24) is 10.6 Å². The van der Waals surface area contributed by atoms with Crippen molar-refractivity contribution in [2.24, 2.45) is 11.8 Å². The Hall–Kier alpha value is -0.650. The summed E-state index contributed by atoms with van der Waals surface area (Å²) < 4.78 is 11.2. The fourth-order valence-corrected chi connectivity index (χ4v) is 3.17. The molecule has 2 N–H and O–H groups in total. The minimum Gasteiger partial charge on any atom is -0.356 e. The highest BCUT2D eigenvalue weighted by Crippen LogP contribution is 2.26. The third-order valence-electron chi connectivity index (χ3n) is 4.24. The molecule has 2 aliphatic heterocycles. The van der Waals surface area contributed by atoms with E-state index in [1.54, 1.807) is 0 Å². The van der Waals surface area contributed by atoms with E-state index in [4.69, 9.17) is 9.47 Å². The van der Waals surface area contributed by atoms with Crippen LogP contribution in [-0.2, 0) is 14.3 Å². The zero-order valence-corrected chi connectivity index (χ0v) is 12.9. The lowest BCUT2D eigenvalue weighted by Gasteiger charge is -2.29. The van der Waals surface area contributed by atoms with E-state index in [9.17, 15) is 4.79 Å². The molecule has 0 aliphatic carbocycles. The second-order valence-electron chi connectivity index (χ2n) is 6.46. The van der Waals surface area contributed by atoms with Crippen molar-refractivity contribution < 1.29 is 14.3 Å². The lowest BCUT2D eigenvalue weighted by atomic mass is 9.92. The van der Waals surface area contributed by atoms with Crippen LogP contribution in [0.4, 0.5) is 0 Å². The zero-order valence-electron chi connectivity index (χ0n) is 12.9. The maximum Gasteiger partial charge on any atom is 0.223 e. The Balaban J connectivity index is 1.69. The van der Waals surface area contributed by atoms with Crippen molar-refractivity contribution in [1.29, 1.82) is 0 Å². The summed E-state index contributed by atoms with van der Waals surface area (Å²) in [6.07, 6.45) is 2.69. The van der Waals surface area contributed by atoms with Crippen molar-refractivity contribution in [3.8, 4) is 0 Å². The van der Waals surface area contributed by atoms with Crippen LogP contribution in [0, 0.1) is 11.8 Å². The van der Waals surface area contributed by atoms with Crippen molar-refractivity contribution in [2.45, 2.75) is 51.9 Å². The molecule has 0 aromatic heterocycles. The molecule has 1 unspecified atom stereocenters. The number of nitrogens with one attached hydrogen (secondary N) is 2. The molecule has 0 bridgehead atoms. The number of hydrogen-bond acceptors (Lipinski definition) is 4. The number of piperidine rings is 1. The smallest absolute Gasteiger partial charge is 0.223 e. The van der Waals surface area contributed by atoms with Gasteiger partial charge in [-0.05, 0) is 39.2 Å². The maximum absolute atomic E-state index is 12.2. The first-order chi connectivity index (χ1) is 9.48. The molecule has 0 saturated carbocycles. The SMILES string of the molecule is CC(CNC(=O)[C@H]1CCN[C@@H](C)C1)CC1(C)OCCO1. The van der Waals surface area contributed by atoms with Gasteiger partial charge in [0.2, 0.25) is 5.91 Å². The first-order valence-electron chi connectivity index (χ1n) is 7.77. The number of amides is 1.